The van der Waals surface area contributed by atoms with Crippen molar-refractivity contribution in [3.63, 3.8) is 0 Å². The molecule has 0 radical (unpaired) electrons. The third kappa shape index (κ3) is 3.24. The number of carbonyl (C=O) groups is 1. The normalized spacial score (nSPS) is 14.1. The molecule has 0 saturated carbocycles. The van der Waals surface area contributed by atoms with Gasteiger partial charge in [-0.1, -0.05) is 0 Å². The molecule has 0 saturated heterocycles. The van der Waals surface area contributed by atoms with Gasteiger partial charge < -0.3 is 15.2 Å². The molecule has 1 aliphatic rings. The number of fused-ring (bicyclic) bond motifs is 1. The minimum absolute atomic E-state index is 0.213. The summed E-state index contributed by atoms with van der Waals surface area (Å²) in [5.74, 6) is 1.75. The number of hydrogen-bond acceptors (Lipinski definition) is 6. The highest BCUT2D eigenvalue weighted by Gasteiger charge is 2.17. The molecule has 104 valence electrons. The molecule has 1 heterocycles. The molecule has 0 fully saturated rings. The van der Waals surface area contributed by atoms with Gasteiger partial charge in [0.1, 0.15) is 0 Å². The van der Waals surface area contributed by atoms with Gasteiger partial charge in [0.2, 0.25) is 6.79 Å². The van der Waals surface area contributed by atoms with E-state index >= 15 is 0 Å². The summed E-state index contributed by atoms with van der Waals surface area (Å²) in [5, 5.41) is 1.62. The first-order chi connectivity index (χ1) is 9.11. The van der Waals surface area contributed by atoms with Crippen molar-refractivity contribution in [3.8, 4) is 11.5 Å². The quantitative estimate of drug-likeness (QED) is 0.770. The molecule has 0 bridgehead atoms. The molecule has 7 heteroatoms. The fourth-order valence-electron chi connectivity index (χ4n) is 1.66. The van der Waals surface area contributed by atoms with Crippen molar-refractivity contribution in [2.45, 2.75) is 6.04 Å². The van der Waals surface area contributed by atoms with Crippen LogP contribution < -0.4 is 25.6 Å². The number of nitrogens with zero attached hydrogens (tertiary/aromatic N) is 1. The summed E-state index contributed by atoms with van der Waals surface area (Å²) < 4.78 is 10.5. The van der Waals surface area contributed by atoms with Crippen LogP contribution in [0.3, 0.4) is 0 Å². The number of thioether (sulfide) groups is 1. The zero-order valence-electron chi connectivity index (χ0n) is 10.9. The predicted molar refractivity (Wildman–Crippen MR) is 75.5 cm³/mol. The van der Waals surface area contributed by atoms with Gasteiger partial charge in [-0.25, -0.2) is 0 Å². The highest BCUT2D eigenvalue weighted by Crippen LogP contribution is 2.34. The highest BCUT2D eigenvalue weighted by molar-refractivity contribution is 7.98. The first-order valence-electron chi connectivity index (χ1n) is 5.80. The molecule has 1 aliphatic heterocycles. The third-order valence-corrected chi connectivity index (χ3v) is 3.40. The number of hydrazine groups is 1. The predicted octanol–water partition coefficient (Wildman–Crippen LogP) is 0.573. The van der Waals surface area contributed by atoms with Crippen molar-refractivity contribution in [2.24, 2.45) is 5.73 Å². The summed E-state index contributed by atoms with van der Waals surface area (Å²) in [7, 11) is 1.75. The van der Waals surface area contributed by atoms with Crippen LogP contribution in [0, 0.1) is 0 Å². The van der Waals surface area contributed by atoms with Crippen LogP contribution in [0.5, 0.6) is 11.5 Å². The van der Waals surface area contributed by atoms with Crippen molar-refractivity contribution < 1.29 is 14.3 Å². The second-order valence-electron chi connectivity index (χ2n) is 4.13. The van der Waals surface area contributed by atoms with E-state index in [0.29, 0.717) is 17.3 Å². The van der Waals surface area contributed by atoms with Crippen molar-refractivity contribution in [2.75, 3.05) is 30.9 Å². The molecule has 1 atom stereocenters. The van der Waals surface area contributed by atoms with Crippen LogP contribution in [0.25, 0.3) is 0 Å². The van der Waals surface area contributed by atoms with Gasteiger partial charge in [-0.05, 0) is 18.4 Å². The zero-order valence-corrected chi connectivity index (χ0v) is 11.7. The van der Waals surface area contributed by atoms with Crippen molar-refractivity contribution in [1.29, 1.82) is 0 Å². The summed E-state index contributed by atoms with van der Waals surface area (Å²) in [4.78, 5) is 11.8. The maximum absolute atomic E-state index is 11.8. The van der Waals surface area contributed by atoms with Gasteiger partial charge in [0.15, 0.2) is 11.5 Å². The molecule has 19 heavy (non-hydrogen) atoms. The van der Waals surface area contributed by atoms with Crippen molar-refractivity contribution >= 4 is 23.4 Å². The van der Waals surface area contributed by atoms with Gasteiger partial charge in [-0.2, -0.15) is 11.8 Å². The fraction of sp³-hybridized carbons (Fsp3) is 0.417. The molecule has 1 amide bonds. The van der Waals surface area contributed by atoms with Crippen LogP contribution in [-0.4, -0.2) is 37.8 Å². The van der Waals surface area contributed by atoms with E-state index in [1.54, 1.807) is 12.1 Å². The zero-order chi connectivity index (χ0) is 13.8. The van der Waals surface area contributed by atoms with E-state index in [1.165, 1.54) is 11.8 Å². The Labute approximate surface area is 116 Å². The lowest BCUT2D eigenvalue weighted by Gasteiger charge is -2.22. The van der Waals surface area contributed by atoms with E-state index in [0.717, 1.165) is 5.69 Å². The van der Waals surface area contributed by atoms with Gasteiger partial charge in [0.25, 0.3) is 5.91 Å². The molecule has 0 unspecified atom stereocenters. The number of amides is 1. The van der Waals surface area contributed by atoms with Gasteiger partial charge in [-0.15, -0.1) is 0 Å². The standard InChI is InChI=1S/C12H17N3O3S/c1-15(14-12(16)9(13)6-19-2)8-3-4-10-11(5-8)18-7-17-10/h3-5,9H,6-7,13H2,1-2H3,(H,14,16)/t9-/m0/s1. The molecule has 1 aromatic rings. The molecule has 0 aromatic heterocycles. The summed E-state index contributed by atoms with van der Waals surface area (Å²) in [6.45, 7) is 0.230. The second kappa shape index (κ2) is 6.03. The molecular weight excluding hydrogens is 266 g/mol. The summed E-state index contributed by atoms with van der Waals surface area (Å²) >= 11 is 1.54. The van der Waals surface area contributed by atoms with Crippen molar-refractivity contribution in [3.05, 3.63) is 18.2 Å². The number of hydrogen-bond donors (Lipinski definition) is 2. The maximum atomic E-state index is 11.8. The summed E-state index contributed by atoms with van der Waals surface area (Å²) in [6, 6.07) is 4.94. The molecule has 0 spiro atoms. The Hall–Kier alpha value is -1.60. The summed E-state index contributed by atoms with van der Waals surface area (Å²) in [6.07, 6.45) is 1.91. The van der Waals surface area contributed by atoms with Gasteiger partial charge in [0, 0.05) is 18.9 Å². The van der Waals surface area contributed by atoms with Crippen LogP contribution in [0.2, 0.25) is 0 Å². The SMILES string of the molecule is CSC[C@H](N)C(=O)NN(C)c1ccc2c(c1)OCO2. The van der Waals surface area contributed by atoms with Crippen LogP contribution in [0.15, 0.2) is 18.2 Å². The lowest BCUT2D eigenvalue weighted by atomic mass is 10.3. The lowest BCUT2D eigenvalue weighted by Crippen LogP contribution is -2.49. The van der Waals surface area contributed by atoms with E-state index in [9.17, 15) is 4.79 Å². The smallest absolute Gasteiger partial charge is 0.256 e. The molecule has 2 rings (SSSR count). The minimum atomic E-state index is -0.522. The fourth-order valence-corrected chi connectivity index (χ4v) is 2.17. The lowest BCUT2D eigenvalue weighted by molar-refractivity contribution is -0.121. The Bertz CT molecular complexity index is 470. The Balaban J connectivity index is 2.00. The highest BCUT2D eigenvalue weighted by atomic mass is 32.2. The largest absolute Gasteiger partial charge is 0.454 e. The number of rotatable bonds is 5. The average Bonchev–Trinajstić information content (AvgIpc) is 2.85. The first-order valence-corrected chi connectivity index (χ1v) is 7.19. The van der Waals surface area contributed by atoms with Crippen molar-refractivity contribution in [1.82, 2.24) is 5.43 Å². The second-order valence-corrected chi connectivity index (χ2v) is 5.05. The molecule has 1 aromatic carbocycles. The van der Waals surface area contributed by atoms with E-state index < -0.39 is 6.04 Å². The van der Waals surface area contributed by atoms with Gasteiger partial charge in [0.05, 0.1) is 11.7 Å². The number of nitrogens with two attached hydrogens (primary N) is 1. The Morgan fingerprint density at radius 1 is 1.53 bits per heavy atom. The number of anilines is 1. The van der Waals surface area contributed by atoms with Crippen LogP contribution in [0.4, 0.5) is 5.69 Å². The number of nitrogens with one attached hydrogen (secondary N) is 1. The van der Waals surface area contributed by atoms with Crippen LogP contribution in [0.1, 0.15) is 0 Å². The van der Waals surface area contributed by atoms with Gasteiger partial charge in [-0.3, -0.25) is 15.2 Å². The number of ether oxygens (including phenoxy) is 2. The Kier molecular flexibility index (Phi) is 4.39. The number of carbonyl (C=O) groups excluding carboxylic acids is 1. The van der Waals surface area contributed by atoms with Crippen LogP contribution in [-0.2, 0) is 4.79 Å². The topological polar surface area (TPSA) is 76.8 Å². The summed E-state index contributed by atoms with van der Waals surface area (Å²) in [5.41, 5.74) is 9.27. The maximum Gasteiger partial charge on any atom is 0.256 e. The van der Waals surface area contributed by atoms with Gasteiger partial charge >= 0.3 is 0 Å². The van der Waals surface area contributed by atoms with E-state index in [2.05, 4.69) is 5.43 Å². The molecule has 0 aliphatic carbocycles. The Morgan fingerprint density at radius 2 is 2.26 bits per heavy atom. The first kappa shape index (κ1) is 13.8. The molecular formula is C12H17N3O3S. The minimum Gasteiger partial charge on any atom is -0.454 e. The Morgan fingerprint density at radius 3 is 3.00 bits per heavy atom. The number of benzene rings is 1. The van der Waals surface area contributed by atoms with E-state index in [1.807, 2.05) is 24.5 Å². The molecule has 3 N–H and O–H groups in total. The third-order valence-electron chi connectivity index (χ3n) is 2.70. The van der Waals surface area contributed by atoms with E-state index in [-0.39, 0.29) is 12.7 Å². The average molecular weight is 283 g/mol. The monoisotopic (exact) mass is 283 g/mol. The van der Waals surface area contributed by atoms with E-state index in [4.69, 9.17) is 15.2 Å². The van der Waals surface area contributed by atoms with Crippen LogP contribution >= 0.6 is 11.8 Å². The molecule has 6 nitrogen and oxygen atoms in total.